The number of rotatable bonds is 8. The fourth-order valence-electron chi connectivity index (χ4n) is 2.75. The molecule has 2 aromatic rings. The van der Waals surface area contributed by atoms with Crippen molar-refractivity contribution in [3.05, 3.63) is 46.7 Å². The number of amides is 2. The Bertz CT molecular complexity index is 852. The van der Waals surface area contributed by atoms with Gasteiger partial charge in [0, 0.05) is 12.2 Å². The average molecular weight is 421 g/mol. The highest BCUT2D eigenvalue weighted by Gasteiger charge is 2.14. The third kappa shape index (κ3) is 6.42. The molecule has 0 unspecified atom stereocenters. The van der Waals surface area contributed by atoms with Gasteiger partial charge >= 0.3 is 0 Å². The molecular weight excluding hydrogens is 399 g/mol. The maximum atomic E-state index is 12.9. The monoisotopic (exact) mass is 420 g/mol. The zero-order valence-electron chi connectivity index (χ0n) is 15.2. The molecule has 2 N–H and O–H groups in total. The number of benzene rings is 1. The van der Waals surface area contributed by atoms with Crippen LogP contribution < -0.4 is 10.6 Å². The van der Waals surface area contributed by atoms with Crippen molar-refractivity contribution in [2.75, 3.05) is 17.6 Å². The first-order valence-electron chi connectivity index (χ1n) is 9.08. The molecule has 0 radical (unpaired) electrons. The number of hydrogen-bond acceptors (Lipinski definition) is 6. The van der Waals surface area contributed by atoms with Crippen LogP contribution in [-0.2, 0) is 4.79 Å². The first-order valence-corrected chi connectivity index (χ1v) is 10.9. The molecule has 148 valence electrons. The van der Waals surface area contributed by atoms with Gasteiger partial charge in [-0.15, -0.1) is 10.2 Å². The molecule has 9 heteroatoms. The van der Waals surface area contributed by atoms with E-state index in [-0.39, 0.29) is 22.5 Å². The van der Waals surface area contributed by atoms with Crippen molar-refractivity contribution in [1.29, 1.82) is 0 Å². The summed E-state index contributed by atoms with van der Waals surface area (Å²) < 4.78 is 13.5. The SMILES string of the molecule is O=C(CSc1nnc(C(=O)Nc2ccc(F)cc2)s1)NCCC1=CCCCC1. The summed E-state index contributed by atoms with van der Waals surface area (Å²) >= 11 is 2.37. The van der Waals surface area contributed by atoms with Gasteiger partial charge in [-0.3, -0.25) is 9.59 Å². The van der Waals surface area contributed by atoms with E-state index in [4.69, 9.17) is 0 Å². The topological polar surface area (TPSA) is 84.0 Å². The molecule has 0 spiro atoms. The van der Waals surface area contributed by atoms with Gasteiger partial charge in [-0.2, -0.15) is 0 Å². The Morgan fingerprint density at radius 1 is 1.18 bits per heavy atom. The Hall–Kier alpha value is -2.26. The standard InChI is InChI=1S/C19H21FN4O2S2/c20-14-6-8-15(9-7-14)22-17(26)18-23-24-19(28-18)27-12-16(25)21-11-10-13-4-2-1-3-5-13/h4,6-9H,1-3,5,10-12H2,(H,21,25)(H,22,26). The molecular formula is C19H21FN4O2S2. The van der Waals surface area contributed by atoms with Crippen LogP contribution in [0, 0.1) is 5.82 Å². The van der Waals surface area contributed by atoms with Crippen LogP contribution in [0.25, 0.3) is 0 Å². The molecule has 1 aliphatic rings. The lowest BCUT2D eigenvalue weighted by atomic mass is 9.97. The predicted molar refractivity (Wildman–Crippen MR) is 109 cm³/mol. The van der Waals surface area contributed by atoms with Gasteiger partial charge in [0.25, 0.3) is 5.91 Å². The van der Waals surface area contributed by atoms with Crippen molar-refractivity contribution < 1.29 is 14.0 Å². The number of allylic oxidation sites excluding steroid dienone is 1. The van der Waals surface area contributed by atoms with Crippen molar-refractivity contribution in [3.63, 3.8) is 0 Å². The Balaban J connectivity index is 1.40. The zero-order valence-corrected chi connectivity index (χ0v) is 16.9. The average Bonchev–Trinajstić information content (AvgIpc) is 3.18. The number of thioether (sulfide) groups is 1. The van der Waals surface area contributed by atoms with E-state index in [1.807, 2.05) is 0 Å². The maximum absolute atomic E-state index is 12.9. The van der Waals surface area contributed by atoms with Crippen LogP contribution in [0.5, 0.6) is 0 Å². The number of halogens is 1. The van der Waals surface area contributed by atoms with Crippen LogP contribution >= 0.6 is 23.1 Å². The molecule has 0 atom stereocenters. The van der Waals surface area contributed by atoms with Crippen molar-refractivity contribution >= 4 is 40.6 Å². The molecule has 0 saturated carbocycles. The minimum Gasteiger partial charge on any atom is -0.355 e. The summed E-state index contributed by atoms with van der Waals surface area (Å²) in [6.07, 6.45) is 7.97. The van der Waals surface area contributed by atoms with Crippen LogP contribution in [0.1, 0.15) is 41.9 Å². The largest absolute Gasteiger partial charge is 0.355 e. The highest BCUT2D eigenvalue weighted by molar-refractivity contribution is 8.01. The van der Waals surface area contributed by atoms with Gasteiger partial charge in [0.1, 0.15) is 5.82 Å². The molecule has 1 aliphatic carbocycles. The molecule has 0 saturated heterocycles. The zero-order chi connectivity index (χ0) is 19.8. The van der Waals surface area contributed by atoms with Crippen LogP contribution in [0.4, 0.5) is 10.1 Å². The highest BCUT2D eigenvalue weighted by atomic mass is 32.2. The number of nitrogens with zero attached hydrogens (tertiary/aromatic N) is 2. The van der Waals surface area contributed by atoms with E-state index in [0.717, 1.165) is 30.6 Å². The molecule has 28 heavy (non-hydrogen) atoms. The lowest BCUT2D eigenvalue weighted by Gasteiger charge is -2.12. The van der Waals surface area contributed by atoms with Gasteiger partial charge in [-0.25, -0.2) is 4.39 Å². The fraction of sp³-hybridized carbons (Fsp3) is 0.368. The molecule has 1 aromatic heterocycles. The van der Waals surface area contributed by atoms with Gasteiger partial charge in [0.05, 0.1) is 5.75 Å². The van der Waals surface area contributed by atoms with Crippen molar-refractivity contribution in [3.8, 4) is 0 Å². The molecule has 1 aromatic carbocycles. The highest BCUT2D eigenvalue weighted by Crippen LogP contribution is 2.23. The predicted octanol–water partition coefficient (Wildman–Crippen LogP) is 4.03. The second kappa shape index (κ2) is 10.3. The molecule has 0 fully saturated rings. The molecule has 6 nitrogen and oxygen atoms in total. The van der Waals surface area contributed by atoms with E-state index >= 15 is 0 Å². The molecule has 0 aliphatic heterocycles. The second-order valence-electron chi connectivity index (χ2n) is 6.33. The van der Waals surface area contributed by atoms with E-state index in [1.165, 1.54) is 54.4 Å². The van der Waals surface area contributed by atoms with E-state index in [0.29, 0.717) is 16.6 Å². The van der Waals surface area contributed by atoms with Crippen LogP contribution in [-0.4, -0.2) is 34.3 Å². The number of anilines is 1. The van der Waals surface area contributed by atoms with Gasteiger partial charge in [0.2, 0.25) is 10.9 Å². The summed E-state index contributed by atoms with van der Waals surface area (Å²) in [6, 6.07) is 5.47. The van der Waals surface area contributed by atoms with Crippen molar-refractivity contribution in [2.24, 2.45) is 0 Å². The second-order valence-corrected chi connectivity index (χ2v) is 8.53. The Labute approximate surface area is 171 Å². The van der Waals surface area contributed by atoms with Gasteiger partial charge in [-0.1, -0.05) is 34.7 Å². The molecule has 0 bridgehead atoms. The Morgan fingerprint density at radius 3 is 2.75 bits per heavy atom. The smallest absolute Gasteiger partial charge is 0.286 e. The van der Waals surface area contributed by atoms with Crippen LogP contribution in [0.2, 0.25) is 0 Å². The fourth-order valence-corrected chi connectivity index (χ4v) is 4.33. The summed E-state index contributed by atoms with van der Waals surface area (Å²) in [4.78, 5) is 24.1. The number of aromatic nitrogens is 2. The van der Waals surface area contributed by atoms with Crippen molar-refractivity contribution in [2.45, 2.75) is 36.4 Å². The summed E-state index contributed by atoms with van der Waals surface area (Å²) in [5.41, 5.74) is 1.91. The van der Waals surface area contributed by atoms with E-state index in [2.05, 4.69) is 26.9 Å². The van der Waals surface area contributed by atoms with Crippen LogP contribution in [0.15, 0.2) is 40.3 Å². The molecule has 1 heterocycles. The third-order valence-corrected chi connectivity index (χ3v) is 6.24. The Morgan fingerprint density at radius 2 is 2.00 bits per heavy atom. The quantitative estimate of drug-likeness (QED) is 0.498. The first-order chi connectivity index (χ1) is 13.6. The van der Waals surface area contributed by atoms with E-state index < -0.39 is 5.91 Å². The first kappa shape index (κ1) is 20.5. The molecule has 3 rings (SSSR count). The van der Waals surface area contributed by atoms with Crippen molar-refractivity contribution in [1.82, 2.24) is 15.5 Å². The summed E-state index contributed by atoms with van der Waals surface area (Å²) in [5.74, 6) is -0.621. The third-order valence-electron chi connectivity index (χ3n) is 4.18. The van der Waals surface area contributed by atoms with E-state index in [1.54, 1.807) is 0 Å². The number of carbonyl (C=O) groups is 2. The lowest BCUT2D eigenvalue weighted by molar-refractivity contribution is -0.118. The molecule has 2 amide bonds. The summed E-state index contributed by atoms with van der Waals surface area (Å²) in [6.45, 7) is 0.646. The minimum absolute atomic E-state index is 0.0612. The summed E-state index contributed by atoms with van der Waals surface area (Å²) in [5, 5.41) is 13.5. The summed E-state index contributed by atoms with van der Waals surface area (Å²) in [7, 11) is 0. The van der Waals surface area contributed by atoms with Gasteiger partial charge < -0.3 is 10.6 Å². The number of hydrogen-bond donors (Lipinski definition) is 2. The lowest BCUT2D eigenvalue weighted by Crippen LogP contribution is -2.26. The number of nitrogens with one attached hydrogen (secondary N) is 2. The van der Waals surface area contributed by atoms with E-state index in [9.17, 15) is 14.0 Å². The Kier molecular flexibility index (Phi) is 7.55. The maximum Gasteiger partial charge on any atom is 0.286 e. The van der Waals surface area contributed by atoms with Gasteiger partial charge in [0.15, 0.2) is 4.34 Å². The van der Waals surface area contributed by atoms with Gasteiger partial charge in [-0.05, 0) is 56.4 Å². The normalized spacial score (nSPS) is 13.7. The van der Waals surface area contributed by atoms with Crippen LogP contribution in [0.3, 0.4) is 0 Å². The number of carbonyl (C=O) groups excluding carboxylic acids is 2. The minimum atomic E-state index is -0.416.